The van der Waals surface area contributed by atoms with Crippen molar-refractivity contribution in [1.29, 1.82) is 0 Å². The smallest absolute Gasteiger partial charge is 0.270 e. The molecule has 1 heterocycles. The van der Waals surface area contributed by atoms with Crippen LogP contribution in [0.25, 0.3) is 10.9 Å². The maximum atomic E-state index is 12.1. The number of ether oxygens (including phenoxy) is 2. The Morgan fingerprint density at radius 3 is 2.71 bits per heavy atom. The number of pyridine rings is 1. The van der Waals surface area contributed by atoms with Crippen molar-refractivity contribution in [2.24, 2.45) is 5.73 Å². The second kappa shape index (κ2) is 9.90. The topological polar surface area (TPSA) is 86.5 Å². The zero-order chi connectivity index (χ0) is 17.4. The molecule has 1 aromatic heterocycles. The van der Waals surface area contributed by atoms with Crippen LogP contribution < -0.4 is 11.1 Å². The van der Waals surface area contributed by atoms with E-state index >= 15 is 0 Å². The lowest BCUT2D eigenvalue weighted by atomic mass is 10.2. The van der Waals surface area contributed by atoms with Crippen molar-refractivity contribution in [3.8, 4) is 0 Å². The van der Waals surface area contributed by atoms with Gasteiger partial charge in [0.1, 0.15) is 5.69 Å². The van der Waals surface area contributed by atoms with Crippen molar-refractivity contribution >= 4 is 44.3 Å². The molecule has 2 rings (SSSR count). The Kier molecular flexibility index (Phi) is 7.87. The maximum Gasteiger partial charge on any atom is 0.270 e. The van der Waals surface area contributed by atoms with Gasteiger partial charge in [-0.05, 0) is 24.3 Å². The summed E-state index contributed by atoms with van der Waals surface area (Å²) in [6, 6.07) is 7.10. The summed E-state index contributed by atoms with van der Waals surface area (Å²) in [5.41, 5.74) is 6.25. The Hall–Kier alpha value is -1.25. The van der Waals surface area contributed by atoms with Crippen LogP contribution >= 0.6 is 27.5 Å². The number of rotatable bonds is 9. The fourth-order valence-corrected chi connectivity index (χ4v) is 2.62. The van der Waals surface area contributed by atoms with Crippen LogP contribution in [0.5, 0.6) is 0 Å². The van der Waals surface area contributed by atoms with Gasteiger partial charge < -0.3 is 20.5 Å². The Bertz CT molecular complexity index is 700. The van der Waals surface area contributed by atoms with Gasteiger partial charge in [-0.25, -0.2) is 4.98 Å². The van der Waals surface area contributed by atoms with Gasteiger partial charge in [0.05, 0.1) is 37.0 Å². The number of aromatic nitrogens is 1. The van der Waals surface area contributed by atoms with E-state index in [9.17, 15) is 4.79 Å². The number of nitrogens with one attached hydrogen (secondary N) is 1. The Morgan fingerprint density at radius 2 is 1.96 bits per heavy atom. The van der Waals surface area contributed by atoms with Crippen molar-refractivity contribution in [2.75, 3.05) is 39.5 Å². The van der Waals surface area contributed by atoms with Gasteiger partial charge >= 0.3 is 0 Å². The van der Waals surface area contributed by atoms with E-state index in [-0.39, 0.29) is 11.6 Å². The van der Waals surface area contributed by atoms with Crippen molar-refractivity contribution < 1.29 is 14.3 Å². The van der Waals surface area contributed by atoms with E-state index in [4.69, 9.17) is 26.8 Å². The summed E-state index contributed by atoms with van der Waals surface area (Å²) in [5, 5.41) is 4.03. The number of benzene rings is 1. The molecule has 0 saturated carbocycles. The first-order valence-corrected chi connectivity index (χ1v) is 8.68. The molecule has 0 saturated heterocycles. The van der Waals surface area contributed by atoms with Crippen LogP contribution in [0.2, 0.25) is 5.02 Å². The summed E-state index contributed by atoms with van der Waals surface area (Å²) >= 11 is 9.62. The van der Waals surface area contributed by atoms with Gasteiger partial charge in [0.2, 0.25) is 0 Å². The van der Waals surface area contributed by atoms with Gasteiger partial charge in [-0.3, -0.25) is 4.79 Å². The lowest BCUT2D eigenvalue weighted by Gasteiger charge is -2.08. The van der Waals surface area contributed by atoms with E-state index in [1.54, 1.807) is 6.07 Å². The van der Waals surface area contributed by atoms with E-state index < -0.39 is 0 Å². The molecule has 8 heteroatoms. The number of carbonyl (C=O) groups excluding carboxylic acids is 1. The Morgan fingerprint density at radius 1 is 1.21 bits per heavy atom. The molecular weight excluding hydrogens is 398 g/mol. The van der Waals surface area contributed by atoms with Crippen LogP contribution in [0, 0.1) is 0 Å². The molecule has 0 aliphatic carbocycles. The predicted molar refractivity (Wildman–Crippen MR) is 97.5 cm³/mol. The average Bonchev–Trinajstić information content (AvgIpc) is 2.57. The van der Waals surface area contributed by atoms with E-state index in [0.717, 1.165) is 9.86 Å². The third kappa shape index (κ3) is 5.68. The standard InChI is InChI=1S/C16H19BrClN3O3/c17-11-1-2-14-12(9-11)13(18)10-15(21-14)16(22)20-4-6-24-8-7-23-5-3-19/h1-2,9-10H,3-8,19H2,(H,20,22). The summed E-state index contributed by atoms with van der Waals surface area (Å²) in [5.74, 6) is -0.287. The molecule has 0 bridgehead atoms. The lowest BCUT2D eigenvalue weighted by Crippen LogP contribution is -2.28. The third-order valence-electron chi connectivity index (χ3n) is 3.12. The SMILES string of the molecule is NCCOCCOCCNC(=O)c1cc(Cl)c2cc(Br)ccc2n1. The molecule has 1 aromatic carbocycles. The van der Waals surface area contributed by atoms with Crippen LogP contribution in [0.1, 0.15) is 10.5 Å². The monoisotopic (exact) mass is 415 g/mol. The number of nitrogens with two attached hydrogens (primary N) is 1. The highest BCUT2D eigenvalue weighted by molar-refractivity contribution is 9.10. The van der Waals surface area contributed by atoms with Gasteiger partial charge in [-0.1, -0.05) is 27.5 Å². The molecule has 0 aliphatic rings. The minimum Gasteiger partial charge on any atom is -0.378 e. The molecular formula is C16H19BrClN3O3. The number of amides is 1. The second-order valence-electron chi connectivity index (χ2n) is 4.92. The third-order valence-corrected chi connectivity index (χ3v) is 3.93. The van der Waals surface area contributed by atoms with Gasteiger partial charge in [0, 0.05) is 22.9 Å². The summed E-state index contributed by atoms with van der Waals surface area (Å²) in [6.45, 7) is 2.74. The van der Waals surface area contributed by atoms with Crippen LogP contribution in [0.15, 0.2) is 28.7 Å². The molecule has 0 atom stereocenters. The van der Waals surface area contributed by atoms with Crippen LogP contribution in [0.4, 0.5) is 0 Å². The normalized spacial score (nSPS) is 11.0. The van der Waals surface area contributed by atoms with Gasteiger partial charge in [0.25, 0.3) is 5.91 Å². The summed E-state index contributed by atoms with van der Waals surface area (Å²) in [6.07, 6.45) is 0. The molecule has 3 N–H and O–H groups in total. The molecule has 0 fully saturated rings. The molecule has 0 spiro atoms. The quantitative estimate of drug-likeness (QED) is 0.613. The summed E-state index contributed by atoms with van der Waals surface area (Å²) in [7, 11) is 0. The predicted octanol–water partition coefficient (Wildman–Crippen LogP) is 2.37. The van der Waals surface area contributed by atoms with E-state index in [1.807, 2.05) is 18.2 Å². The van der Waals surface area contributed by atoms with E-state index in [1.165, 1.54) is 0 Å². The highest BCUT2D eigenvalue weighted by Gasteiger charge is 2.11. The van der Waals surface area contributed by atoms with Crippen LogP contribution in [-0.4, -0.2) is 50.4 Å². The lowest BCUT2D eigenvalue weighted by molar-refractivity contribution is 0.0511. The Balaban J connectivity index is 1.82. The van der Waals surface area contributed by atoms with Crippen molar-refractivity contribution in [1.82, 2.24) is 10.3 Å². The molecule has 0 aliphatic heterocycles. The fourth-order valence-electron chi connectivity index (χ4n) is 2.01. The van der Waals surface area contributed by atoms with Gasteiger partial charge in [-0.2, -0.15) is 0 Å². The van der Waals surface area contributed by atoms with Crippen LogP contribution in [0.3, 0.4) is 0 Å². The highest BCUT2D eigenvalue weighted by Crippen LogP contribution is 2.26. The highest BCUT2D eigenvalue weighted by atomic mass is 79.9. The zero-order valence-electron chi connectivity index (χ0n) is 13.1. The number of carbonyl (C=O) groups is 1. The first-order valence-electron chi connectivity index (χ1n) is 7.51. The second-order valence-corrected chi connectivity index (χ2v) is 6.24. The summed E-state index contributed by atoms with van der Waals surface area (Å²) in [4.78, 5) is 16.5. The number of halogens is 2. The maximum absolute atomic E-state index is 12.1. The zero-order valence-corrected chi connectivity index (χ0v) is 15.4. The van der Waals surface area contributed by atoms with Gasteiger partial charge in [0.15, 0.2) is 0 Å². The largest absolute Gasteiger partial charge is 0.378 e. The van der Waals surface area contributed by atoms with Crippen molar-refractivity contribution in [2.45, 2.75) is 0 Å². The van der Waals surface area contributed by atoms with Crippen molar-refractivity contribution in [3.05, 3.63) is 39.5 Å². The van der Waals surface area contributed by atoms with E-state index in [2.05, 4.69) is 26.2 Å². The minimum absolute atomic E-state index is 0.279. The molecule has 1 amide bonds. The molecule has 130 valence electrons. The number of hydrogen-bond donors (Lipinski definition) is 2. The molecule has 2 aromatic rings. The first-order chi connectivity index (χ1) is 11.6. The number of hydrogen-bond acceptors (Lipinski definition) is 5. The molecule has 24 heavy (non-hydrogen) atoms. The van der Waals surface area contributed by atoms with E-state index in [0.29, 0.717) is 50.1 Å². The fraction of sp³-hybridized carbons (Fsp3) is 0.375. The Labute approximate surface area is 153 Å². The van der Waals surface area contributed by atoms with Crippen molar-refractivity contribution in [3.63, 3.8) is 0 Å². The molecule has 0 radical (unpaired) electrons. The number of fused-ring (bicyclic) bond motifs is 1. The van der Waals surface area contributed by atoms with Crippen LogP contribution in [-0.2, 0) is 9.47 Å². The summed E-state index contributed by atoms with van der Waals surface area (Å²) < 4.78 is 11.4. The molecule has 6 nitrogen and oxygen atoms in total. The average molecular weight is 417 g/mol. The minimum atomic E-state index is -0.287. The number of nitrogens with zero attached hydrogens (tertiary/aromatic N) is 1. The molecule has 0 unspecified atom stereocenters. The first kappa shape index (κ1) is 19.1. The van der Waals surface area contributed by atoms with Gasteiger partial charge in [-0.15, -0.1) is 0 Å².